The molecule has 1 aliphatic rings. The van der Waals surface area contributed by atoms with Crippen LogP contribution in [0, 0.1) is 0 Å². The van der Waals surface area contributed by atoms with Crippen molar-refractivity contribution in [1.29, 1.82) is 0 Å². The second kappa shape index (κ2) is 14.1. The number of aromatic amines is 1. The van der Waals surface area contributed by atoms with E-state index in [9.17, 15) is 0 Å². The van der Waals surface area contributed by atoms with Crippen LogP contribution in [0.5, 0.6) is 0 Å². The Morgan fingerprint density at radius 2 is 1.83 bits per heavy atom. The standard InChI is InChI=1S/C8H10.C4H5N.C3H9N.Ru/c1-2-5-8-6-3-4-7-8;1-2-4-5-3-1;1-4(2)3;/h2-4,6H,1,5,7H2;1-5H;1-3H3;. The zero-order chi connectivity index (χ0) is 12.9. The van der Waals surface area contributed by atoms with Crippen LogP contribution >= 0.6 is 0 Å². The summed E-state index contributed by atoms with van der Waals surface area (Å²) in [6.45, 7) is 3.66. The molecule has 18 heavy (non-hydrogen) atoms. The van der Waals surface area contributed by atoms with Crippen LogP contribution in [0.1, 0.15) is 12.8 Å². The van der Waals surface area contributed by atoms with Gasteiger partial charge in [-0.05, 0) is 46.1 Å². The maximum atomic E-state index is 3.66. The van der Waals surface area contributed by atoms with Crippen LogP contribution in [0.15, 0.2) is 61.0 Å². The van der Waals surface area contributed by atoms with Gasteiger partial charge in [-0.3, -0.25) is 0 Å². The fourth-order valence-electron chi connectivity index (χ4n) is 1.11. The number of hydrogen-bond donors (Lipinski definition) is 1. The molecule has 0 saturated carbocycles. The molecule has 0 saturated heterocycles. The minimum atomic E-state index is 0. The van der Waals surface area contributed by atoms with Gasteiger partial charge in [0, 0.05) is 31.9 Å². The van der Waals surface area contributed by atoms with Gasteiger partial charge in [0.25, 0.3) is 0 Å². The second-order valence-corrected chi connectivity index (χ2v) is 4.18. The van der Waals surface area contributed by atoms with Crippen LogP contribution in [0.3, 0.4) is 0 Å². The van der Waals surface area contributed by atoms with E-state index in [2.05, 4.69) is 29.8 Å². The minimum Gasteiger partial charge on any atom is -0.368 e. The molecule has 0 atom stereocenters. The van der Waals surface area contributed by atoms with Crippen molar-refractivity contribution in [2.75, 3.05) is 21.1 Å². The van der Waals surface area contributed by atoms with Gasteiger partial charge in [0.15, 0.2) is 0 Å². The third-order valence-electron chi connectivity index (χ3n) is 1.75. The third-order valence-corrected chi connectivity index (χ3v) is 1.75. The van der Waals surface area contributed by atoms with Crippen LogP contribution in [-0.2, 0) is 19.5 Å². The molecule has 0 fully saturated rings. The second-order valence-electron chi connectivity index (χ2n) is 4.18. The molecule has 0 radical (unpaired) electrons. The van der Waals surface area contributed by atoms with Gasteiger partial charge in [-0.25, -0.2) is 0 Å². The van der Waals surface area contributed by atoms with Crippen molar-refractivity contribution in [2.45, 2.75) is 12.8 Å². The summed E-state index contributed by atoms with van der Waals surface area (Å²) in [6, 6.07) is 3.89. The van der Waals surface area contributed by atoms with Crippen molar-refractivity contribution in [3.8, 4) is 0 Å². The largest absolute Gasteiger partial charge is 0.368 e. The first-order valence-electron chi connectivity index (χ1n) is 5.81. The van der Waals surface area contributed by atoms with Crippen LogP contribution in [-0.4, -0.2) is 31.0 Å². The maximum absolute atomic E-state index is 3.66. The smallest absolute Gasteiger partial charge is 0.000496 e. The molecule has 2 nitrogen and oxygen atoms in total. The van der Waals surface area contributed by atoms with Gasteiger partial charge < -0.3 is 9.88 Å². The van der Waals surface area contributed by atoms with Crippen molar-refractivity contribution >= 4 is 0 Å². The predicted molar refractivity (Wildman–Crippen MR) is 77.1 cm³/mol. The molecular weight excluding hydrogens is 309 g/mol. The monoisotopic (exact) mass is 334 g/mol. The summed E-state index contributed by atoms with van der Waals surface area (Å²) in [7, 11) is 6.00. The molecule has 0 aliphatic heterocycles. The van der Waals surface area contributed by atoms with Gasteiger partial charge >= 0.3 is 0 Å². The first kappa shape index (κ1) is 19.4. The fraction of sp³-hybridized carbons (Fsp3) is 0.333. The topological polar surface area (TPSA) is 19.0 Å². The molecule has 0 spiro atoms. The summed E-state index contributed by atoms with van der Waals surface area (Å²) in [4.78, 5) is 4.86. The molecule has 1 N–H and O–H groups in total. The van der Waals surface area contributed by atoms with E-state index in [0.717, 1.165) is 12.8 Å². The first-order valence-corrected chi connectivity index (χ1v) is 5.81. The van der Waals surface area contributed by atoms with Crippen molar-refractivity contribution in [2.24, 2.45) is 0 Å². The van der Waals surface area contributed by atoms with Crippen molar-refractivity contribution < 1.29 is 19.5 Å². The zero-order valence-electron chi connectivity index (χ0n) is 11.5. The molecule has 0 amide bonds. The third kappa shape index (κ3) is 15.1. The van der Waals surface area contributed by atoms with E-state index < -0.39 is 0 Å². The Morgan fingerprint density at radius 3 is 2.11 bits per heavy atom. The number of nitrogens with zero attached hydrogens (tertiary/aromatic N) is 1. The van der Waals surface area contributed by atoms with Gasteiger partial charge in [0.1, 0.15) is 0 Å². The molecule has 102 valence electrons. The molecule has 1 heterocycles. The Labute approximate surface area is 124 Å². The summed E-state index contributed by atoms with van der Waals surface area (Å²) in [5.74, 6) is 0. The molecular formula is C15H24N2Ru. The Kier molecular flexibility index (Phi) is 15.3. The van der Waals surface area contributed by atoms with Crippen molar-refractivity contribution in [1.82, 2.24) is 9.88 Å². The summed E-state index contributed by atoms with van der Waals surface area (Å²) in [5, 5.41) is 0. The number of nitrogens with one attached hydrogen (secondary N) is 1. The molecule has 3 heteroatoms. The molecule has 1 aliphatic carbocycles. The van der Waals surface area contributed by atoms with E-state index in [-0.39, 0.29) is 19.5 Å². The SMILES string of the molecule is C=CCC1=CC=CC1.CN(C)C.[Ru].c1cc[nH]c1. The molecule has 1 aromatic heterocycles. The zero-order valence-corrected chi connectivity index (χ0v) is 13.3. The summed E-state index contributed by atoms with van der Waals surface area (Å²) in [5.41, 5.74) is 1.47. The van der Waals surface area contributed by atoms with E-state index in [0.29, 0.717) is 0 Å². The Hall–Kier alpha value is -0.917. The van der Waals surface area contributed by atoms with Crippen molar-refractivity contribution in [3.63, 3.8) is 0 Å². The number of hydrogen-bond acceptors (Lipinski definition) is 1. The molecule has 1 aromatic rings. The van der Waals surface area contributed by atoms with E-state index >= 15 is 0 Å². The van der Waals surface area contributed by atoms with Gasteiger partial charge in [-0.2, -0.15) is 0 Å². The summed E-state index contributed by atoms with van der Waals surface area (Å²) < 4.78 is 0. The van der Waals surface area contributed by atoms with E-state index in [1.165, 1.54) is 5.57 Å². The minimum absolute atomic E-state index is 0. The quantitative estimate of drug-likeness (QED) is 0.647. The van der Waals surface area contributed by atoms with E-state index in [1.807, 2.05) is 56.6 Å². The molecule has 2 rings (SSSR count). The number of rotatable bonds is 2. The summed E-state index contributed by atoms with van der Waals surface area (Å²) in [6.07, 6.45) is 14.3. The molecule has 0 bridgehead atoms. The predicted octanol–water partition coefficient (Wildman–Crippen LogP) is 3.64. The molecule has 0 aromatic carbocycles. The van der Waals surface area contributed by atoms with Gasteiger partial charge in [-0.15, -0.1) is 6.58 Å². The number of aromatic nitrogens is 1. The van der Waals surface area contributed by atoms with Gasteiger partial charge in [0.2, 0.25) is 0 Å². The number of allylic oxidation sites excluding steroid dienone is 5. The van der Waals surface area contributed by atoms with E-state index in [1.54, 1.807) is 0 Å². The van der Waals surface area contributed by atoms with Gasteiger partial charge in [0.05, 0.1) is 0 Å². The Balaban J connectivity index is 0. The van der Waals surface area contributed by atoms with Crippen LogP contribution in [0.2, 0.25) is 0 Å². The Bertz CT molecular complexity index is 304. The van der Waals surface area contributed by atoms with Crippen LogP contribution < -0.4 is 0 Å². The first-order chi connectivity index (χ1) is 8.16. The normalized spacial score (nSPS) is 11.4. The molecule has 0 unspecified atom stereocenters. The maximum Gasteiger partial charge on any atom is 0.000496 e. The van der Waals surface area contributed by atoms with Crippen LogP contribution in [0.4, 0.5) is 0 Å². The average Bonchev–Trinajstić information content (AvgIpc) is 2.92. The van der Waals surface area contributed by atoms with Crippen LogP contribution in [0.25, 0.3) is 0 Å². The fourth-order valence-corrected chi connectivity index (χ4v) is 1.11. The number of H-pyrrole nitrogens is 1. The Morgan fingerprint density at radius 1 is 1.28 bits per heavy atom. The van der Waals surface area contributed by atoms with Crippen molar-refractivity contribution in [3.05, 3.63) is 61.0 Å². The average molecular weight is 333 g/mol. The van der Waals surface area contributed by atoms with Gasteiger partial charge in [-0.1, -0.05) is 29.9 Å². The van der Waals surface area contributed by atoms with E-state index in [4.69, 9.17) is 0 Å². The summed E-state index contributed by atoms with van der Waals surface area (Å²) >= 11 is 0.